The Labute approximate surface area is 122 Å². The predicted octanol–water partition coefficient (Wildman–Crippen LogP) is 3.93. The number of hydrogen-bond acceptors (Lipinski definition) is 3. The minimum Gasteiger partial charge on any atom is -0.312 e. The lowest BCUT2D eigenvalue weighted by Gasteiger charge is -2.27. The third-order valence-electron chi connectivity index (χ3n) is 4.54. The maximum Gasteiger partial charge on any atom is 0.305 e. The summed E-state index contributed by atoms with van der Waals surface area (Å²) in [7, 11) is 0. The second kappa shape index (κ2) is 6.47. The first kappa shape index (κ1) is 15.8. The summed E-state index contributed by atoms with van der Waals surface area (Å²) < 4.78 is 26.9. The molecule has 0 saturated heterocycles. The number of nitro benzene ring substituents is 1. The Morgan fingerprint density at radius 3 is 2.52 bits per heavy atom. The van der Waals surface area contributed by atoms with Gasteiger partial charge in [0.1, 0.15) is 5.82 Å². The number of halogens is 2. The van der Waals surface area contributed by atoms with Crippen LogP contribution in [0.3, 0.4) is 0 Å². The van der Waals surface area contributed by atoms with Gasteiger partial charge < -0.3 is 5.32 Å². The standard InChI is InChI=1S/C15H20F2N2O2/c1-2-15(5-3-4-6-15)10-18-9-11-7-14(19(20)21)13(17)8-12(11)16/h7-8,18H,2-6,9-10H2,1H3. The van der Waals surface area contributed by atoms with Crippen molar-refractivity contribution in [1.82, 2.24) is 5.32 Å². The molecule has 21 heavy (non-hydrogen) atoms. The van der Waals surface area contributed by atoms with Crippen molar-refractivity contribution in [1.29, 1.82) is 0 Å². The molecule has 0 atom stereocenters. The van der Waals surface area contributed by atoms with Crippen LogP contribution in [-0.4, -0.2) is 11.5 Å². The number of benzene rings is 1. The van der Waals surface area contributed by atoms with Crippen LogP contribution in [0.1, 0.15) is 44.6 Å². The predicted molar refractivity (Wildman–Crippen MR) is 75.9 cm³/mol. The minimum absolute atomic E-state index is 0.132. The number of hydrogen-bond donors (Lipinski definition) is 1. The SMILES string of the molecule is CCC1(CNCc2cc([N+](=O)[O-])c(F)cc2F)CCCC1. The maximum atomic E-state index is 13.7. The third kappa shape index (κ3) is 3.56. The molecule has 1 N–H and O–H groups in total. The molecule has 0 aromatic heterocycles. The van der Waals surface area contributed by atoms with Crippen molar-refractivity contribution in [3.63, 3.8) is 0 Å². The summed E-state index contributed by atoms with van der Waals surface area (Å²) in [6.07, 6.45) is 5.80. The zero-order chi connectivity index (χ0) is 15.5. The Balaban J connectivity index is 2.03. The molecular weight excluding hydrogens is 278 g/mol. The highest BCUT2D eigenvalue weighted by molar-refractivity contribution is 5.37. The van der Waals surface area contributed by atoms with Crippen LogP contribution in [0.4, 0.5) is 14.5 Å². The van der Waals surface area contributed by atoms with Crippen LogP contribution in [0, 0.1) is 27.2 Å². The van der Waals surface area contributed by atoms with Gasteiger partial charge in [-0.05, 0) is 24.7 Å². The number of nitrogens with zero attached hydrogens (tertiary/aromatic N) is 1. The van der Waals surface area contributed by atoms with Gasteiger partial charge in [-0.1, -0.05) is 19.8 Å². The number of nitro groups is 1. The molecule has 1 aromatic carbocycles. The monoisotopic (exact) mass is 298 g/mol. The van der Waals surface area contributed by atoms with Gasteiger partial charge in [-0.3, -0.25) is 10.1 Å². The summed E-state index contributed by atoms with van der Waals surface area (Å²) in [6, 6.07) is 1.56. The lowest BCUT2D eigenvalue weighted by Crippen LogP contribution is -2.31. The van der Waals surface area contributed by atoms with Crippen LogP contribution in [0.5, 0.6) is 0 Å². The first-order valence-corrected chi connectivity index (χ1v) is 7.30. The molecule has 0 bridgehead atoms. The first-order chi connectivity index (χ1) is 9.97. The lowest BCUT2D eigenvalue weighted by molar-refractivity contribution is -0.387. The summed E-state index contributed by atoms with van der Waals surface area (Å²) in [5.41, 5.74) is -0.297. The smallest absolute Gasteiger partial charge is 0.305 e. The second-order valence-electron chi connectivity index (χ2n) is 5.82. The average Bonchev–Trinajstić information content (AvgIpc) is 2.90. The van der Waals surface area contributed by atoms with Crippen LogP contribution >= 0.6 is 0 Å². The highest BCUT2D eigenvalue weighted by atomic mass is 19.1. The van der Waals surface area contributed by atoms with Crippen LogP contribution in [0.15, 0.2) is 12.1 Å². The highest BCUT2D eigenvalue weighted by Gasteiger charge is 2.31. The van der Waals surface area contributed by atoms with Crippen molar-refractivity contribution in [2.75, 3.05) is 6.54 Å². The van der Waals surface area contributed by atoms with Crippen molar-refractivity contribution in [2.24, 2.45) is 5.41 Å². The van der Waals surface area contributed by atoms with E-state index in [0.29, 0.717) is 6.07 Å². The molecule has 0 unspecified atom stereocenters. The van der Waals surface area contributed by atoms with E-state index in [1.54, 1.807) is 0 Å². The van der Waals surface area contributed by atoms with Crippen LogP contribution in [0.25, 0.3) is 0 Å². The summed E-state index contributed by atoms with van der Waals surface area (Å²) in [5.74, 6) is -1.88. The maximum absolute atomic E-state index is 13.7. The van der Waals surface area contributed by atoms with E-state index in [0.717, 1.165) is 31.9 Å². The fraction of sp³-hybridized carbons (Fsp3) is 0.600. The number of rotatable bonds is 6. The lowest BCUT2D eigenvalue weighted by atomic mass is 9.83. The molecule has 0 aliphatic heterocycles. The molecule has 1 aromatic rings. The molecule has 0 radical (unpaired) electrons. The second-order valence-corrected chi connectivity index (χ2v) is 5.82. The van der Waals surface area contributed by atoms with Gasteiger partial charge >= 0.3 is 5.69 Å². The topological polar surface area (TPSA) is 55.2 Å². The van der Waals surface area contributed by atoms with E-state index in [1.165, 1.54) is 12.8 Å². The molecular formula is C15H20F2N2O2. The van der Waals surface area contributed by atoms with Gasteiger partial charge in [-0.2, -0.15) is 4.39 Å². The zero-order valence-electron chi connectivity index (χ0n) is 12.1. The van der Waals surface area contributed by atoms with Gasteiger partial charge in [-0.25, -0.2) is 4.39 Å². The van der Waals surface area contributed by atoms with E-state index in [2.05, 4.69) is 12.2 Å². The van der Waals surface area contributed by atoms with Crippen LogP contribution in [0.2, 0.25) is 0 Å². The van der Waals surface area contributed by atoms with Crippen molar-refractivity contribution >= 4 is 5.69 Å². The van der Waals surface area contributed by atoms with Gasteiger partial charge in [0, 0.05) is 30.8 Å². The van der Waals surface area contributed by atoms with E-state index < -0.39 is 22.2 Å². The zero-order valence-corrected chi connectivity index (χ0v) is 12.1. The number of nitrogens with one attached hydrogen (secondary N) is 1. The summed E-state index contributed by atoms with van der Waals surface area (Å²) in [6.45, 7) is 3.08. The summed E-state index contributed by atoms with van der Waals surface area (Å²) in [5, 5.41) is 13.9. The Hall–Kier alpha value is -1.56. The minimum atomic E-state index is -1.14. The van der Waals surface area contributed by atoms with Gasteiger partial charge in [0.15, 0.2) is 0 Å². The largest absolute Gasteiger partial charge is 0.312 e. The molecule has 2 rings (SSSR count). The van der Waals surface area contributed by atoms with Gasteiger partial charge in [0.25, 0.3) is 0 Å². The molecule has 116 valence electrons. The summed E-state index contributed by atoms with van der Waals surface area (Å²) >= 11 is 0. The molecule has 0 heterocycles. The molecule has 1 aliphatic rings. The molecule has 1 aliphatic carbocycles. The van der Waals surface area contributed by atoms with Crippen molar-refractivity contribution < 1.29 is 13.7 Å². The van der Waals surface area contributed by atoms with Gasteiger partial charge in [0.05, 0.1) is 4.92 Å². The van der Waals surface area contributed by atoms with E-state index in [1.807, 2.05) is 0 Å². The third-order valence-corrected chi connectivity index (χ3v) is 4.54. The average molecular weight is 298 g/mol. The first-order valence-electron chi connectivity index (χ1n) is 7.30. The molecule has 0 spiro atoms. The fourth-order valence-electron chi connectivity index (χ4n) is 3.10. The summed E-state index contributed by atoms with van der Waals surface area (Å²) in [4.78, 5) is 9.86. The Morgan fingerprint density at radius 1 is 1.29 bits per heavy atom. The molecule has 1 fully saturated rings. The normalized spacial score (nSPS) is 17.1. The van der Waals surface area contributed by atoms with Gasteiger partial charge in [0.2, 0.25) is 5.82 Å². The van der Waals surface area contributed by atoms with Crippen molar-refractivity contribution in [3.8, 4) is 0 Å². The van der Waals surface area contributed by atoms with Crippen LogP contribution in [-0.2, 0) is 6.54 Å². The highest BCUT2D eigenvalue weighted by Crippen LogP contribution is 2.40. The quantitative estimate of drug-likeness (QED) is 0.639. The van der Waals surface area contributed by atoms with Crippen molar-refractivity contribution in [3.05, 3.63) is 39.4 Å². The van der Waals surface area contributed by atoms with E-state index in [9.17, 15) is 18.9 Å². The Kier molecular flexibility index (Phi) is 4.88. The molecule has 4 nitrogen and oxygen atoms in total. The van der Waals surface area contributed by atoms with E-state index >= 15 is 0 Å². The van der Waals surface area contributed by atoms with E-state index in [-0.39, 0.29) is 17.5 Å². The van der Waals surface area contributed by atoms with Crippen LogP contribution < -0.4 is 5.32 Å². The molecule has 1 saturated carbocycles. The molecule has 6 heteroatoms. The Bertz CT molecular complexity index is 529. The van der Waals surface area contributed by atoms with Crippen molar-refractivity contribution in [2.45, 2.75) is 45.6 Å². The van der Waals surface area contributed by atoms with E-state index in [4.69, 9.17) is 0 Å². The molecule has 0 amide bonds. The Morgan fingerprint density at radius 2 is 1.95 bits per heavy atom. The van der Waals surface area contributed by atoms with Gasteiger partial charge in [-0.15, -0.1) is 0 Å². The fourth-order valence-corrected chi connectivity index (χ4v) is 3.10.